The number of methoxy groups -OCH3 is 1. The molecule has 3 aromatic rings. The van der Waals surface area contributed by atoms with Crippen LogP contribution in [-0.4, -0.2) is 18.8 Å². The van der Waals surface area contributed by atoms with Crippen LogP contribution < -0.4 is 5.63 Å². The Morgan fingerprint density at radius 1 is 1.14 bits per heavy atom. The number of rotatable bonds is 1. The lowest BCUT2D eigenvalue weighted by Gasteiger charge is -2.03. The van der Waals surface area contributed by atoms with Crippen LogP contribution in [0.1, 0.15) is 5.56 Å². The van der Waals surface area contributed by atoms with E-state index in [1.807, 2.05) is 6.07 Å². The van der Waals surface area contributed by atoms with E-state index in [0.717, 1.165) is 16.3 Å². The van der Waals surface area contributed by atoms with Crippen molar-refractivity contribution >= 4 is 21.7 Å². The Hall–Kier alpha value is -2.77. The summed E-state index contributed by atoms with van der Waals surface area (Å²) in [6.07, 6.45) is 0. The van der Waals surface area contributed by atoms with Crippen LogP contribution >= 0.6 is 0 Å². The third-order valence-electron chi connectivity index (χ3n) is 3.15. The first-order valence-electron chi connectivity index (χ1n) is 6.36. The molecule has 1 N–H and O–H groups in total. The summed E-state index contributed by atoms with van der Waals surface area (Å²) in [4.78, 5) is 12.0. The van der Waals surface area contributed by atoms with Gasteiger partial charge in [0.25, 0.3) is 0 Å². The number of ether oxygens (including phenoxy) is 1. The Kier molecular flexibility index (Phi) is 3.35. The van der Waals surface area contributed by atoms with Gasteiger partial charge in [-0.2, -0.15) is 0 Å². The second-order valence-corrected chi connectivity index (χ2v) is 4.57. The minimum Gasteiger partial charge on any atom is -0.508 e. The number of hydrogen-bond acceptors (Lipinski definition) is 4. The highest BCUT2D eigenvalue weighted by atomic mass is 16.5. The van der Waals surface area contributed by atoms with Crippen LogP contribution in [-0.2, 0) is 4.74 Å². The lowest BCUT2D eigenvalue weighted by Crippen LogP contribution is -1.99. The maximum Gasteiger partial charge on any atom is 0.344 e. The summed E-state index contributed by atoms with van der Waals surface area (Å²) < 4.78 is 10.1. The van der Waals surface area contributed by atoms with Gasteiger partial charge in [-0.15, -0.1) is 0 Å². The zero-order valence-electron chi connectivity index (χ0n) is 11.3. The lowest BCUT2D eigenvalue weighted by molar-refractivity contribution is 0.240. The number of phenols is 1. The van der Waals surface area contributed by atoms with Crippen molar-refractivity contribution in [1.82, 2.24) is 0 Å². The molecule has 0 amide bonds. The van der Waals surface area contributed by atoms with E-state index in [4.69, 9.17) is 9.15 Å². The van der Waals surface area contributed by atoms with Crippen molar-refractivity contribution in [2.75, 3.05) is 13.7 Å². The molecule has 1 heterocycles. The Morgan fingerprint density at radius 3 is 2.76 bits per heavy atom. The highest BCUT2D eigenvalue weighted by molar-refractivity contribution is 6.05. The average molecular weight is 280 g/mol. The fourth-order valence-corrected chi connectivity index (χ4v) is 2.21. The molecular weight excluding hydrogens is 268 g/mol. The summed E-state index contributed by atoms with van der Waals surface area (Å²) in [5.74, 6) is 5.91. The number of fused-ring (bicyclic) bond motifs is 3. The van der Waals surface area contributed by atoms with Crippen molar-refractivity contribution in [3.05, 3.63) is 52.4 Å². The van der Waals surface area contributed by atoms with Crippen LogP contribution in [0.4, 0.5) is 0 Å². The fourth-order valence-electron chi connectivity index (χ4n) is 2.21. The quantitative estimate of drug-likeness (QED) is 0.423. The van der Waals surface area contributed by atoms with Gasteiger partial charge >= 0.3 is 5.63 Å². The molecule has 2 aromatic carbocycles. The topological polar surface area (TPSA) is 59.7 Å². The number of hydrogen-bond donors (Lipinski definition) is 1. The molecule has 0 spiro atoms. The van der Waals surface area contributed by atoms with Crippen LogP contribution in [0.2, 0.25) is 0 Å². The molecule has 4 nitrogen and oxygen atoms in total. The van der Waals surface area contributed by atoms with E-state index < -0.39 is 5.63 Å². The predicted molar refractivity (Wildman–Crippen MR) is 80.4 cm³/mol. The first kappa shape index (κ1) is 13.2. The SMILES string of the molecule is COCC#Cc1ccc2c(=O)oc3cc(O)ccc3c2c1. The molecule has 0 aliphatic carbocycles. The fraction of sp³-hybridized carbons (Fsp3) is 0.118. The third kappa shape index (κ3) is 2.47. The van der Waals surface area contributed by atoms with Gasteiger partial charge in [0.1, 0.15) is 17.9 Å². The highest BCUT2D eigenvalue weighted by Crippen LogP contribution is 2.26. The summed E-state index contributed by atoms with van der Waals surface area (Å²) >= 11 is 0. The van der Waals surface area contributed by atoms with Gasteiger partial charge in [-0.1, -0.05) is 11.8 Å². The van der Waals surface area contributed by atoms with E-state index >= 15 is 0 Å². The second kappa shape index (κ2) is 5.31. The third-order valence-corrected chi connectivity index (χ3v) is 3.15. The number of aromatic hydroxyl groups is 1. The summed E-state index contributed by atoms with van der Waals surface area (Å²) in [5.41, 5.74) is 0.716. The van der Waals surface area contributed by atoms with Gasteiger partial charge in [0.05, 0.1) is 5.39 Å². The molecule has 104 valence electrons. The van der Waals surface area contributed by atoms with E-state index in [2.05, 4.69) is 11.8 Å². The highest BCUT2D eigenvalue weighted by Gasteiger charge is 2.08. The van der Waals surface area contributed by atoms with E-state index in [1.165, 1.54) is 6.07 Å². The minimum atomic E-state index is -0.431. The molecule has 0 aliphatic heterocycles. The molecule has 0 saturated carbocycles. The zero-order valence-corrected chi connectivity index (χ0v) is 11.3. The monoisotopic (exact) mass is 280 g/mol. The smallest absolute Gasteiger partial charge is 0.344 e. The van der Waals surface area contributed by atoms with Crippen LogP contribution in [0.5, 0.6) is 5.75 Å². The van der Waals surface area contributed by atoms with Gasteiger partial charge in [-0.05, 0) is 30.3 Å². The molecule has 0 fully saturated rings. The normalized spacial score (nSPS) is 10.5. The Labute approximate surface area is 120 Å². The van der Waals surface area contributed by atoms with Crippen molar-refractivity contribution in [2.45, 2.75) is 0 Å². The Bertz CT molecular complexity index is 942. The molecular formula is C17H12O4. The van der Waals surface area contributed by atoms with Crippen LogP contribution in [0.3, 0.4) is 0 Å². The van der Waals surface area contributed by atoms with E-state index in [0.29, 0.717) is 17.6 Å². The largest absolute Gasteiger partial charge is 0.508 e. The van der Waals surface area contributed by atoms with Crippen LogP contribution in [0.25, 0.3) is 21.7 Å². The van der Waals surface area contributed by atoms with Gasteiger partial charge in [0.15, 0.2) is 0 Å². The zero-order chi connectivity index (χ0) is 14.8. The van der Waals surface area contributed by atoms with Crippen molar-refractivity contribution in [2.24, 2.45) is 0 Å². The van der Waals surface area contributed by atoms with Gasteiger partial charge in [-0.25, -0.2) is 4.79 Å². The minimum absolute atomic E-state index is 0.0565. The van der Waals surface area contributed by atoms with Gasteiger partial charge in [0.2, 0.25) is 0 Å². The summed E-state index contributed by atoms with van der Waals surface area (Å²) in [7, 11) is 1.58. The predicted octanol–water partition coefficient (Wildman–Crippen LogP) is 2.65. The molecule has 3 rings (SSSR count). The van der Waals surface area contributed by atoms with Crippen molar-refractivity contribution < 1.29 is 14.3 Å². The van der Waals surface area contributed by atoms with E-state index in [9.17, 15) is 9.90 Å². The molecule has 4 heteroatoms. The number of phenolic OH excluding ortho intramolecular Hbond substituents is 1. The van der Waals surface area contributed by atoms with Crippen molar-refractivity contribution in [3.8, 4) is 17.6 Å². The van der Waals surface area contributed by atoms with Crippen molar-refractivity contribution in [1.29, 1.82) is 0 Å². The van der Waals surface area contributed by atoms with Crippen molar-refractivity contribution in [3.63, 3.8) is 0 Å². The Balaban J connectivity index is 2.30. The van der Waals surface area contributed by atoms with Crippen LogP contribution in [0.15, 0.2) is 45.6 Å². The van der Waals surface area contributed by atoms with Gasteiger partial charge < -0.3 is 14.3 Å². The molecule has 0 radical (unpaired) electrons. The molecule has 0 aliphatic rings. The maximum atomic E-state index is 12.0. The molecule has 0 saturated heterocycles. The maximum absolute atomic E-state index is 12.0. The van der Waals surface area contributed by atoms with E-state index in [1.54, 1.807) is 31.4 Å². The first-order valence-corrected chi connectivity index (χ1v) is 6.36. The average Bonchev–Trinajstić information content (AvgIpc) is 2.47. The number of benzene rings is 2. The summed E-state index contributed by atoms with van der Waals surface area (Å²) in [5, 5.41) is 11.5. The summed E-state index contributed by atoms with van der Waals surface area (Å²) in [6, 6.07) is 10.0. The summed E-state index contributed by atoms with van der Waals surface area (Å²) in [6.45, 7) is 0.351. The first-order chi connectivity index (χ1) is 10.2. The van der Waals surface area contributed by atoms with E-state index in [-0.39, 0.29) is 5.75 Å². The Morgan fingerprint density at radius 2 is 1.95 bits per heavy atom. The van der Waals surface area contributed by atoms with Gasteiger partial charge in [-0.3, -0.25) is 0 Å². The van der Waals surface area contributed by atoms with Gasteiger partial charge in [0, 0.05) is 29.5 Å². The molecule has 0 unspecified atom stereocenters. The molecule has 0 atom stereocenters. The van der Waals surface area contributed by atoms with Crippen LogP contribution in [0, 0.1) is 11.8 Å². The standard InChI is InChI=1S/C17H12O4/c1-20-8-2-3-11-4-6-14-15(9-11)13-7-5-12(18)10-16(13)21-17(14)19/h4-7,9-10,18H,8H2,1H3. The molecule has 21 heavy (non-hydrogen) atoms. The molecule has 1 aromatic heterocycles. The molecule has 0 bridgehead atoms. The second-order valence-electron chi connectivity index (χ2n) is 4.57. The lowest BCUT2D eigenvalue weighted by atomic mass is 10.0.